The molecule has 1 aliphatic rings. The smallest absolute Gasteiger partial charge is 0.201 e. The van der Waals surface area contributed by atoms with Gasteiger partial charge in [-0.15, -0.1) is 0 Å². The highest BCUT2D eigenvalue weighted by Gasteiger charge is 2.34. The first-order valence-corrected chi connectivity index (χ1v) is 5.99. The molecule has 0 radical (unpaired) electrons. The zero-order valence-electron chi connectivity index (χ0n) is 10.2. The fourth-order valence-electron chi connectivity index (χ4n) is 2.44. The summed E-state index contributed by atoms with van der Waals surface area (Å²) >= 11 is 0. The van der Waals surface area contributed by atoms with E-state index in [0.29, 0.717) is 0 Å². The molecule has 1 aliphatic heterocycles. The van der Waals surface area contributed by atoms with E-state index in [1.165, 1.54) is 38.1 Å². The summed E-state index contributed by atoms with van der Waals surface area (Å²) in [5.74, 6) is 2.19. The summed E-state index contributed by atoms with van der Waals surface area (Å²) in [6.45, 7) is 6.78. The minimum Gasteiger partial charge on any atom is -0.282 e. The van der Waals surface area contributed by atoms with Crippen LogP contribution in [0.25, 0.3) is 0 Å². The van der Waals surface area contributed by atoms with E-state index in [2.05, 4.69) is 27.9 Å². The molecule has 14 heavy (non-hydrogen) atoms. The van der Waals surface area contributed by atoms with Gasteiger partial charge in [0.25, 0.3) is 0 Å². The van der Waals surface area contributed by atoms with Crippen molar-refractivity contribution in [1.29, 1.82) is 0 Å². The number of aliphatic imine (C=N–C) groups is 1. The van der Waals surface area contributed by atoms with Gasteiger partial charge in [-0.2, -0.15) is 0 Å². The van der Waals surface area contributed by atoms with Gasteiger partial charge in [0.05, 0.1) is 26.6 Å². The summed E-state index contributed by atoms with van der Waals surface area (Å²) in [5, 5.41) is 0. The fourth-order valence-corrected chi connectivity index (χ4v) is 2.44. The second-order valence-electron chi connectivity index (χ2n) is 4.92. The molecule has 0 bridgehead atoms. The van der Waals surface area contributed by atoms with Crippen molar-refractivity contribution in [3.8, 4) is 0 Å². The Morgan fingerprint density at radius 2 is 1.79 bits per heavy atom. The molecular weight excluding hydrogens is 172 g/mol. The molecule has 0 saturated carbocycles. The molecule has 82 valence electrons. The third-order valence-electron chi connectivity index (χ3n) is 3.19. The van der Waals surface area contributed by atoms with E-state index in [1.54, 1.807) is 0 Å². The van der Waals surface area contributed by atoms with Crippen molar-refractivity contribution in [3.05, 3.63) is 0 Å². The Balaban J connectivity index is 2.67. The Labute approximate surface area is 88.6 Å². The highest BCUT2D eigenvalue weighted by Crippen LogP contribution is 2.23. The van der Waals surface area contributed by atoms with E-state index < -0.39 is 0 Å². The number of likely N-dealkylation sites (N-methyl/N-ethyl adjacent to an activating group) is 1. The van der Waals surface area contributed by atoms with Gasteiger partial charge in [-0.05, 0) is 12.8 Å². The lowest BCUT2D eigenvalue weighted by Gasteiger charge is -2.29. The summed E-state index contributed by atoms with van der Waals surface area (Å²) in [6, 6.07) is 0. The molecule has 0 fully saturated rings. The standard InChI is InChI=1S/C12H25N2/c1-5-7-11(8-6-2)12-13-9-10-14(12,3)4/h11H,5-10H2,1-4H3/q+1. The first-order chi connectivity index (χ1) is 6.61. The summed E-state index contributed by atoms with van der Waals surface area (Å²) in [7, 11) is 4.59. The monoisotopic (exact) mass is 197 g/mol. The number of hydrogen-bond acceptors (Lipinski definition) is 1. The quantitative estimate of drug-likeness (QED) is 0.601. The van der Waals surface area contributed by atoms with Crippen LogP contribution in [0.2, 0.25) is 0 Å². The molecule has 1 rings (SSSR count). The van der Waals surface area contributed by atoms with E-state index in [1.807, 2.05) is 0 Å². The first kappa shape index (κ1) is 11.7. The van der Waals surface area contributed by atoms with Crippen molar-refractivity contribution in [2.24, 2.45) is 10.9 Å². The van der Waals surface area contributed by atoms with E-state index in [4.69, 9.17) is 4.99 Å². The van der Waals surface area contributed by atoms with Gasteiger partial charge >= 0.3 is 0 Å². The molecule has 0 saturated heterocycles. The molecule has 0 aromatic rings. The van der Waals surface area contributed by atoms with Crippen LogP contribution in [0.5, 0.6) is 0 Å². The van der Waals surface area contributed by atoms with Gasteiger partial charge in [0, 0.05) is 0 Å². The SMILES string of the molecule is CCCC(CCC)C1=NCC[N+]1(C)C. The van der Waals surface area contributed by atoms with Gasteiger partial charge in [-0.3, -0.25) is 4.48 Å². The van der Waals surface area contributed by atoms with Gasteiger partial charge in [0.15, 0.2) is 0 Å². The normalized spacial score (nSPS) is 20.2. The number of hydrogen-bond donors (Lipinski definition) is 0. The molecule has 0 aliphatic carbocycles. The lowest BCUT2D eigenvalue weighted by molar-refractivity contribution is -0.794. The largest absolute Gasteiger partial charge is 0.282 e. The van der Waals surface area contributed by atoms with Gasteiger partial charge in [-0.1, -0.05) is 26.7 Å². The minimum absolute atomic E-state index is 0.738. The zero-order valence-corrected chi connectivity index (χ0v) is 10.2. The van der Waals surface area contributed by atoms with Crippen LogP contribution >= 0.6 is 0 Å². The zero-order chi connectivity index (χ0) is 10.6. The first-order valence-electron chi connectivity index (χ1n) is 5.99. The molecule has 2 heteroatoms. The van der Waals surface area contributed by atoms with Gasteiger partial charge in [0.1, 0.15) is 6.54 Å². The van der Waals surface area contributed by atoms with Crippen molar-refractivity contribution in [3.63, 3.8) is 0 Å². The van der Waals surface area contributed by atoms with Crippen LogP contribution in [0.4, 0.5) is 0 Å². The van der Waals surface area contributed by atoms with Crippen molar-refractivity contribution in [2.75, 3.05) is 27.2 Å². The van der Waals surface area contributed by atoms with Crippen molar-refractivity contribution < 1.29 is 4.48 Å². The topological polar surface area (TPSA) is 12.4 Å². The molecule has 0 spiro atoms. The Hall–Kier alpha value is -0.370. The summed E-state index contributed by atoms with van der Waals surface area (Å²) in [6.07, 6.45) is 5.19. The van der Waals surface area contributed by atoms with Gasteiger partial charge in [0.2, 0.25) is 5.84 Å². The average molecular weight is 197 g/mol. The second-order valence-corrected chi connectivity index (χ2v) is 4.92. The highest BCUT2D eigenvalue weighted by molar-refractivity contribution is 5.79. The summed E-state index contributed by atoms with van der Waals surface area (Å²) in [4.78, 5) is 4.71. The van der Waals surface area contributed by atoms with E-state index >= 15 is 0 Å². The van der Waals surface area contributed by atoms with E-state index in [-0.39, 0.29) is 0 Å². The Kier molecular flexibility index (Phi) is 4.11. The maximum atomic E-state index is 4.71. The highest BCUT2D eigenvalue weighted by atomic mass is 15.4. The number of amidine groups is 1. The van der Waals surface area contributed by atoms with Crippen LogP contribution in [0, 0.1) is 5.92 Å². The third-order valence-corrected chi connectivity index (χ3v) is 3.19. The predicted octanol–water partition coefficient (Wildman–Crippen LogP) is 2.69. The Morgan fingerprint density at radius 3 is 2.14 bits per heavy atom. The number of nitrogens with zero attached hydrogens (tertiary/aromatic N) is 2. The van der Waals surface area contributed by atoms with Crippen LogP contribution in [0.15, 0.2) is 4.99 Å². The molecule has 0 amide bonds. The molecule has 0 N–H and O–H groups in total. The second kappa shape index (κ2) is 4.92. The fraction of sp³-hybridized carbons (Fsp3) is 0.917. The maximum Gasteiger partial charge on any atom is 0.201 e. The third kappa shape index (κ3) is 2.57. The predicted molar refractivity (Wildman–Crippen MR) is 62.6 cm³/mol. The van der Waals surface area contributed by atoms with Crippen LogP contribution in [-0.2, 0) is 0 Å². The summed E-state index contributed by atoms with van der Waals surface area (Å²) in [5.41, 5.74) is 0. The van der Waals surface area contributed by atoms with E-state index in [9.17, 15) is 0 Å². The van der Waals surface area contributed by atoms with Crippen LogP contribution in [0.3, 0.4) is 0 Å². The Bertz CT molecular complexity index is 200. The Morgan fingerprint density at radius 1 is 1.21 bits per heavy atom. The molecule has 0 atom stereocenters. The van der Waals surface area contributed by atoms with Crippen molar-refractivity contribution in [1.82, 2.24) is 0 Å². The van der Waals surface area contributed by atoms with Gasteiger partial charge < -0.3 is 0 Å². The van der Waals surface area contributed by atoms with Crippen LogP contribution in [-0.4, -0.2) is 37.5 Å². The molecule has 0 unspecified atom stereocenters. The number of rotatable bonds is 5. The lowest BCUT2D eigenvalue weighted by Crippen LogP contribution is -2.46. The molecule has 2 nitrogen and oxygen atoms in total. The van der Waals surface area contributed by atoms with Crippen LogP contribution < -0.4 is 0 Å². The van der Waals surface area contributed by atoms with E-state index in [0.717, 1.165) is 16.9 Å². The van der Waals surface area contributed by atoms with Crippen molar-refractivity contribution in [2.45, 2.75) is 39.5 Å². The molecule has 1 heterocycles. The molecule has 0 aromatic heterocycles. The van der Waals surface area contributed by atoms with Gasteiger partial charge in [-0.25, -0.2) is 4.99 Å². The lowest BCUT2D eigenvalue weighted by atomic mass is 9.96. The maximum absolute atomic E-state index is 4.71. The number of quaternary nitrogens is 1. The minimum atomic E-state index is 0.738. The molecule has 0 aromatic carbocycles. The molecular formula is C12H25N2+. The van der Waals surface area contributed by atoms with Crippen LogP contribution in [0.1, 0.15) is 39.5 Å². The average Bonchev–Trinajstić information content (AvgIpc) is 2.45. The summed E-state index contributed by atoms with van der Waals surface area (Å²) < 4.78 is 1.03. The van der Waals surface area contributed by atoms with Crippen molar-refractivity contribution >= 4 is 5.84 Å².